The number of aryl methyl sites for hydroxylation is 1. The Morgan fingerprint density at radius 1 is 1.21 bits per heavy atom. The summed E-state index contributed by atoms with van der Waals surface area (Å²) in [5.74, 6) is 0.739. The lowest BCUT2D eigenvalue weighted by Gasteiger charge is -2.22. The van der Waals surface area contributed by atoms with Crippen molar-refractivity contribution in [2.45, 2.75) is 6.92 Å². The molecule has 0 bridgehead atoms. The molecule has 0 amide bonds. The molecule has 3 nitrogen and oxygen atoms in total. The Hall–Kier alpha value is -1.58. The Labute approximate surface area is 122 Å². The van der Waals surface area contributed by atoms with Crippen molar-refractivity contribution in [1.82, 2.24) is 10.2 Å². The van der Waals surface area contributed by atoms with Gasteiger partial charge in [0.1, 0.15) is 0 Å². The van der Waals surface area contributed by atoms with Crippen LogP contribution in [-0.2, 0) is 0 Å². The van der Waals surface area contributed by atoms with Crippen molar-refractivity contribution in [3.8, 4) is 0 Å². The molecule has 0 fully saturated rings. The first kappa shape index (κ1) is 13.8. The van der Waals surface area contributed by atoms with Crippen LogP contribution < -0.4 is 4.90 Å². The Morgan fingerprint density at radius 2 is 1.95 bits per heavy atom. The molecule has 0 saturated heterocycles. The molecule has 0 spiro atoms. The number of anilines is 2. The van der Waals surface area contributed by atoms with Crippen molar-refractivity contribution in [3.63, 3.8) is 0 Å². The van der Waals surface area contributed by atoms with Gasteiger partial charge in [0, 0.05) is 17.8 Å². The molecule has 1 aromatic heterocycles. The van der Waals surface area contributed by atoms with Crippen molar-refractivity contribution < 1.29 is 0 Å². The highest BCUT2D eigenvalue weighted by Gasteiger charge is 2.11. The van der Waals surface area contributed by atoms with Crippen LogP contribution in [0.1, 0.15) is 5.56 Å². The van der Waals surface area contributed by atoms with E-state index in [0.717, 1.165) is 17.1 Å². The number of para-hydroxylation sites is 1. The number of halogens is 2. The smallest absolute Gasteiger partial charge is 0.156 e. The normalized spacial score (nSPS) is 10.9. The first-order valence-electron chi connectivity index (χ1n) is 5.80. The quantitative estimate of drug-likeness (QED) is 0.840. The molecule has 0 atom stereocenters. The van der Waals surface area contributed by atoms with Gasteiger partial charge in [0.25, 0.3) is 0 Å². The van der Waals surface area contributed by atoms with Gasteiger partial charge in [-0.15, -0.1) is 10.2 Å². The maximum Gasteiger partial charge on any atom is 0.156 e. The summed E-state index contributed by atoms with van der Waals surface area (Å²) in [5, 5.41) is 8.51. The van der Waals surface area contributed by atoms with Crippen LogP contribution in [0.25, 0.3) is 0 Å². The average Bonchev–Trinajstić information content (AvgIpc) is 2.44. The van der Waals surface area contributed by atoms with E-state index >= 15 is 0 Å². The average molecular weight is 294 g/mol. The minimum Gasteiger partial charge on any atom is -0.321 e. The minimum atomic E-state index is 0.421. The lowest BCUT2D eigenvalue weighted by Crippen LogP contribution is -2.18. The van der Waals surface area contributed by atoms with Crippen LogP contribution in [0.2, 0.25) is 5.15 Å². The van der Waals surface area contributed by atoms with Gasteiger partial charge >= 0.3 is 0 Å². The standard InChI is InChI=1S/C14H13Cl2N3/c1-11-10-13(17-18-14(11)16)19(9-5-8-15)12-6-3-2-4-7-12/h2-8,10H,9H2,1H3/b8-5+. The fraction of sp³-hybridized carbons (Fsp3) is 0.143. The summed E-state index contributed by atoms with van der Waals surface area (Å²) in [6, 6.07) is 11.8. The van der Waals surface area contributed by atoms with Gasteiger partial charge in [0.05, 0.1) is 0 Å². The molecule has 0 unspecified atom stereocenters. The SMILES string of the molecule is Cc1cc(N(C/C=C/Cl)c2ccccc2)nnc1Cl. The lowest BCUT2D eigenvalue weighted by molar-refractivity contribution is 0.950. The van der Waals surface area contributed by atoms with Crippen molar-refractivity contribution in [3.05, 3.63) is 58.7 Å². The first-order chi connectivity index (χ1) is 9.22. The van der Waals surface area contributed by atoms with E-state index in [4.69, 9.17) is 23.2 Å². The van der Waals surface area contributed by atoms with Crippen LogP contribution in [0.4, 0.5) is 11.5 Å². The zero-order valence-electron chi connectivity index (χ0n) is 10.4. The van der Waals surface area contributed by atoms with E-state index in [2.05, 4.69) is 10.2 Å². The molecule has 0 N–H and O–H groups in total. The molecule has 0 aliphatic carbocycles. The summed E-state index contributed by atoms with van der Waals surface area (Å²) in [6.45, 7) is 2.52. The topological polar surface area (TPSA) is 29.0 Å². The maximum atomic E-state index is 5.91. The summed E-state index contributed by atoms with van der Waals surface area (Å²) in [6.07, 6.45) is 1.85. The summed E-state index contributed by atoms with van der Waals surface area (Å²) < 4.78 is 0. The van der Waals surface area contributed by atoms with Gasteiger partial charge in [-0.25, -0.2) is 0 Å². The Bertz CT molecular complexity index is 570. The van der Waals surface area contributed by atoms with Crippen LogP contribution in [-0.4, -0.2) is 16.7 Å². The van der Waals surface area contributed by atoms with E-state index in [9.17, 15) is 0 Å². The van der Waals surface area contributed by atoms with E-state index in [-0.39, 0.29) is 0 Å². The van der Waals surface area contributed by atoms with Crippen LogP contribution in [0.3, 0.4) is 0 Å². The molecule has 1 aromatic carbocycles. The predicted molar refractivity (Wildman–Crippen MR) is 80.2 cm³/mol. The van der Waals surface area contributed by atoms with E-state index in [0.29, 0.717) is 11.7 Å². The zero-order chi connectivity index (χ0) is 13.7. The molecule has 0 aliphatic heterocycles. The molecule has 0 radical (unpaired) electrons. The Balaban J connectivity index is 2.39. The first-order valence-corrected chi connectivity index (χ1v) is 6.61. The number of benzene rings is 1. The minimum absolute atomic E-state index is 0.421. The summed E-state index contributed by atoms with van der Waals surface area (Å²) in [4.78, 5) is 2.01. The largest absolute Gasteiger partial charge is 0.321 e. The van der Waals surface area contributed by atoms with Crippen molar-refractivity contribution >= 4 is 34.7 Å². The molecule has 98 valence electrons. The van der Waals surface area contributed by atoms with Crippen molar-refractivity contribution in [2.24, 2.45) is 0 Å². The van der Waals surface area contributed by atoms with E-state index < -0.39 is 0 Å². The van der Waals surface area contributed by atoms with Crippen LogP contribution in [0.5, 0.6) is 0 Å². The van der Waals surface area contributed by atoms with Gasteiger partial charge in [0.2, 0.25) is 0 Å². The molecule has 0 saturated carbocycles. The highest BCUT2D eigenvalue weighted by atomic mass is 35.5. The third kappa shape index (κ3) is 3.46. The molecular formula is C14H13Cl2N3. The molecule has 2 aromatic rings. The number of hydrogen-bond donors (Lipinski definition) is 0. The third-order valence-electron chi connectivity index (χ3n) is 2.63. The molecule has 2 rings (SSSR count). The predicted octanol–water partition coefficient (Wildman–Crippen LogP) is 4.33. The fourth-order valence-corrected chi connectivity index (χ4v) is 1.84. The van der Waals surface area contributed by atoms with E-state index in [1.54, 1.807) is 0 Å². The van der Waals surface area contributed by atoms with Gasteiger partial charge in [-0.05, 0) is 30.7 Å². The lowest BCUT2D eigenvalue weighted by atomic mass is 10.2. The highest BCUT2D eigenvalue weighted by molar-refractivity contribution is 6.30. The van der Waals surface area contributed by atoms with E-state index in [1.807, 2.05) is 54.3 Å². The van der Waals surface area contributed by atoms with Crippen LogP contribution >= 0.6 is 23.2 Å². The van der Waals surface area contributed by atoms with Gasteiger partial charge in [0.15, 0.2) is 11.0 Å². The van der Waals surface area contributed by atoms with Crippen molar-refractivity contribution in [1.29, 1.82) is 0 Å². The van der Waals surface area contributed by atoms with Crippen molar-refractivity contribution in [2.75, 3.05) is 11.4 Å². The van der Waals surface area contributed by atoms with E-state index in [1.165, 1.54) is 5.54 Å². The number of hydrogen-bond acceptors (Lipinski definition) is 3. The van der Waals surface area contributed by atoms with Gasteiger partial charge < -0.3 is 4.90 Å². The van der Waals surface area contributed by atoms with Crippen LogP contribution in [0.15, 0.2) is 48.0 Å². The third-order valence-corrected chi connectivity index (χ3v) is 3.18. The summed E-state index contributed by atoms with van der Waals surface area (Å²) >= 11 is 11.5. The maximum absolute atomic E-state index is 5.91. The van der Waals surface area contributed by atoms with Crippen LogP contribution in [0, 0.1) is 6.92 Å². The molecule has 0 aliphatic rings. The van der Waals surface area contributed by atoms with Gasteiger partial charge in [-0.3, -0.25) is 0 Å². The van der Waals surface area contributed by atoms with Gasteiger partial charge in [-0.1, -0.05) is 47.5 Å². The second-order valence-corrected chi connectivity index (χ2v) is 4.59. The molecular weight excluding hydrogens is 281 g/mol. The number of nitrogens with zero attached hydrogens (tertiary/aromatic N) is 3. The molecule has 5 heteroatoms. The second kappa shape index (κ2) is 6.55. The Kier molecular flexibility index (Phi) is 4.77. The molecule has 1 heterocycles. The summed E-state index contributed by atoms with van der Waals surface area (Å²) in [7, 11) is 0. The molecule has 19 heavy (non-hydrogen) atoms. The Morgan fingerprint density at radius 3 is 2.58 bits per heavy atom. The number of aromatic nitrogens is 2. The highest BCUT2D eigenvalue weighted by Crippen LogP contribution is 2.24. The van der Waals surface area contributed by atoms with Gasteiger partial charge in [-0.2, -0.15) is 0 Å². The monoisotopic (exact) mass is 293 g/mol. The summed E-state index contributed by atoms with van der Waals surface area (Å²) in [5.41, 5.74) is 3.40. The zero-order valence-corrected chi connectivity index (χ0v) is 11.9. The second-order valence-electron chi connectivity index (χ2n) is 3.98. The fourth-order valence-electron chi connectivity index (χ4n) is 1.67. The number of rotatable bonds is 4.